The number of nitrogen functional groups attached to an aromatic ring is 1. The highest BCUT2D eigenvalue weighted by molar-refractivity contribution is 6.00. The lowest BCUT2D eigenvalue weighted by atomic mass is 10.2. The van der Waals surface area contributed by atoms with Gasteiger partial charge in [0.05, 0.1) is 12.2 Å². The first kappa shape index (κ1) is 21.9. The van der Waals surface area contributed by atoms with E-state index in [0.717, 1.165) is 10.5 Å². The molecule has 2 aromatic carbocycles. The minimum absolute atomic E-state index is 0.0622. The van der Waals surface area contributed by atoms with Gasteiger partial charge in [-0.05, 0) is 17.7 Å². The van der Waals surface area contributed by atoms with E-state index in [1.807, 2.05) is 30.3 Å². The van der Waals surface area contributed by atoms with Crippen LogP contribution >= 0.6 is 0 Å². The van der Waals surface area contributed by atoms with Crippen molar-refractivity contribution in [1.29, 1.82) is 0 Å². The first-order valence-corrected chi connectivity index (χ1v) is 10.3. The SMILES string of the molecule is CN(C(=O)CCN1C(=O)COc2ccccc21)c1c(N)n(Cc2ccccc2)c(=O)[nH]c1=O. The molecule has 0 saturated heterocycles. The van der Waals surface area contributed by atoms with Gasteiger partial charge in [0.15, 0.2) is 12.3 Å². The van der Waals surface area contributed by atoms with Crippen molar-refractivity contribution in [2.75, 3.05) is 35.7 Å². The first-order valence-electron chi connectivity index (χ1n) is 10.3. The Bertz CT molecular complexity index is 1310. The smallest absolute Gasteiger partial charge is 0.330 e. The summed E-state index contributed by atoms with van der Waals surface area (Å²) < 4.78 is 6.62. The van der Waals surface area contributed by atoms with Gasteiger partial charge in [-0.1, -0.05) is 42.5 Å². The van der Waals surface area contributed by atoms with E-state index < -0.39 is 17.2 Å². The van der Waals surface area contributed by atoms with Crippen LogP contribution in [-0.2, 0) is 16.1 Å². The third-order valence-electron chi connectivity index (χ3n) is 5.46. The molecule has 0 atom stereocenters. The van der Waals surface area contributed by atoms with E-state index in [1.54, 1.807) is 24.3 Å². The molecule has 0 bridgehead atoms. The van der Waals surface area contributed by atoms with Crippen LogP contribution in [0.1, 0.15) is 12.0 Å². The van der Waals surface area contributed by atoms with Crippen LogP contribution in [-0.4, -0.2) is 41.6 Å². The summed E-state index contributed by atoms with van der Waals surface area (Å²) in [6.45, 7) is 0.123. The number of ether oxygens (including phenoxy) is 1. The van der Waals surface area contributed by atoms with Gasteiger partial charge < -0.3 is 20.3 Å². The molecular weight excluding hydrogens is 426 g/mol. The molecule has 0 aliphatic carbocycles. The number of rotatable bonds is 6. The molecular formula is C23H23N5O5. The zero-order valence-electron chi connectivity index (χ0n) is 18.0. The molecule has 0 unspecified atom stereocenters. The van der Waals surface area contributed by atoms with Gasteiger partial charge >= 0.3 is 5.69 Å². The Morgan fingerprint density at radius 2 is 1.79 bits per heavy atom. The van der Waals surface area contributed by atoms with Crippen molar-refractivity contribution >= 4 is 29.0 Å². The molecule has 3 N–H and O–H groups in total. The third-order valence-corrected chi connectivity index (χ3v) is 5.46. The van der Waals surface area contributed by atoms with E-state index in [0.29, 0.717) is 11.4 Å². The number of carbonyl (C=O) groups excluding carboxylic acids is 2. The summed E-state index contributed by atoms with van der Waals surface area (Å²) in [4.78, 5) is 55.0. The monoisotopic (exact) mass is 449 g/mol. The number of aromatic amines is 1. The first-order chi connectivity index (χ1) is 15.9. The summed E-state index contributed by atoms with van der Waals surface area (Å²) in [5.74, 6) is -0.255. The van der Waals surface area contributed by atoms with E-state index in [1.165, 1.54) is 16.5 Å². The van der Waals surface area contributed by atoms with Crippen molar-refractivity contribution in [3.8, 4) is 5.75 Å². The van der Waals surface area contributed by atoms with Crippen molar-refractivity contribution in [2.24, 2.45) is 0 Å². The number of H-pyrrole nitrogens is 1. The molecule has 0 spiro atoms. The summed E-state index contributed by atoms with van der Waals surface area (Å²) in [7, 11) is 1.41. The summed E-state index contributed by atoms with van der Waals surface area (Å²) in [5, 5.41) is 0. The molecule has 4 rings (SSSR count). The van der Waals surface area contributed by atoms with Gasteiger partial charge in [0.25, 0.3) is 11.5 Å². The van der Waals surface area contributed by atoms with Crippen LogP contribution in [0.2, 0.25) is 0 Å². The molecule has 0 fully saturated rings. The van der Waals surface area contributed by atoms with Crippen LogP contribution < -0.4 is 31.5 Å². The van der Waals surface area contributed by atoms with Crippen molar-refractivity contribution in [3.63, 3.8) is 0 Å². The fourth-order valence-electron chi connectivity index (χ4n) is 3.72. The molecule has 10 heteroatoms. The number of benzene rings is 2. The summed E-state index contributed by atoms with van der Waals surface area (Å²) in [5.41, 5.74) is 6.01. The molecule has 1 aliphatic rings. The van der Waals surface area contributed by atoms with Gasteiger partial charge in [0.1, 0.15) is 11.6 Å². The number of carbonyl (C=O) groups is 2. The van der Waals surface area contributed by atoms with Crippen LogP contribution in [0.4, 0.5) is 17.2 Å². The average Bonchev–Trinajstić information content (AvgIpc) is 2.81. The summed E-state index contributed by atoms with van der Waals surface area (Å²) >= 11 is 0. The number of anilines is 3. The highest BCUT2D eigenvalue weighted by Gasteiger charge is 2.27. The molecule has 3 aromatic rings. The van der Waals surface area contributed by atoms with E-state index >= 15 is 0 Å². The van der Waals surface area contributed by atoms with Crippen LogP contribution in [0.25, 0.3) is 0 Å². The van der Waals surface area contributed by atoms with Crippen LogP contribution in [0, 0.1) is 0 Å². The quantitative estimate of drug-likeness (QED) is 0.576. The standard InChI is InChI=1S/C23H23N5O5/c1-26(18(29)11-12-27-16-9-5-6-10-17(16)33-14-19(27)30)20-21(24)28(23(32)25-22(20)31)13-15-7-3-2-4-8-15/h2-10H,11-14,24H2,1H3,(H,25,31,32). The van der Waals surface area contributed by atoms with Gasteiger partial charge in [-0.25, -0.2) is 4.79 Å². The molecule has 2 amide bonds. The van der Waals surface area contributed by atoms with E-state index in [4.69, 9.17) is 10.5 Å². The number of nitrogens with one attached hydrogen (secondary N) is 1. The molecule has 0 saturated carbocycles. The maximum atomic E-state index is 12.9. The van der Waals surface area contributed by atoms with E-state index in [-0.39, 0.29) is 43.5 Å². The predicted octanol–water partition coefficient (Wildman–Crippen LogP) is 0.946. The fourth-order valence-corrected chi connectivity index (χ4v) is 3.72. The van der Waals surface area contributed by atoms with Gasteiger partial charge in [-0.15, -0.1) is 0 Å². The van der Waals surface area contributed by atoms with E-state index in [2.05, 4.69) is 4.98 Å². The van der Waals surface area contributed by atoms with Crippen LogP contribution in [0.3, 0.4) is 0 Å². The number of hydrogen-bond donors (Lipinski definition) is 2. The maximum absolute atomic E-state index is 12.9. The number of aromatic nitrogens is 2. The zero-order chi connectivity index (χ0) is 23.5. The molecule has 170 valence electrons. The molecule has 2 heterocycles. The lowest BCUT2D eigenvalue weighted by molar-refractivity contribution is -0.121. The molecule has 10 nitrogen and oxygen atoms in total. The van der Waals surface area contributed by atoms with Crippen LogP contribution in [0.15, 0.2) is 64.2 Å². The van der Waals surface area contributed by atoms with Crippen LogP contribution in [0.5, 0.6) is 5.75 Å². The van der Waals surface area contributed by atoms with Crippen molar-refractivity contribution in [2.45, 2.75) is 13.0 Å². The van der Waals surface area contributed by atoms with Gasteiger partial charge in [0.2, 0.25) is 5.91 Å². The Morgan fingerprint density at radius 3 is 2.55 bits per heavy atom. The molecule has 0 radical (unpaired) electrons. The topological polar surface area (TPSA) is 131 Å². The molecule has 33 heavy (non-hydrogen) atoms. The minimum Gasteiger partial charge on any atom is -0.482 e. The molecule has 1 aliphatic heterocycles. The molecule has 1 aromatic heterocycles. The van der Waals surface area contributed by atoms with Crippen molar-refractivity contribution in [1.82, 2.24) is 9.55 Å². The van der Waals surface area contributed by atoms with Gasteiger partial charge in [-0.2, -0.15) is 0 Å². The van der Waals surface area contributed by atoms with Crippen molar-refractivity contribution < 1.29 is 14.3 Å². The Hall–Kier alpha value is -4.34. The minimum atomic E-state index is -0.759. The highest BCUT2D eigenvalue weighted by atomic mass is 16.5. The van der Waals surface area contributed by atoms with Gasteiger partial charge in [-0.3, -0.25) is 23.9 Å². The zero-order valence-corrected chi connectivity index (χ0v) is 18.0. The van der Waals surface area contributed by atoms with Crippen molar-refractivity contribution in [3.05, 3.63) is 81.0 Å². The number of para-hydroxylation sites is 2. The third kappa shape index (κ3) is 4.36. The second kappa shape index (κ2) is 9.03. The second-order valence-corrected chi connectivity index (χ2v) is 7.57. The number of amides is 2. The largest absolute Gasteiger partial charge is 0.482 e. The highest BCUT2D eigenvalue weighted by Crippen LogP contribution is 2.31. The lowest BCUT2D eigenvalue weighted by Crippen LogP contribution is -2.43. The lowest BCUT2D eigenvalue weighted by Gasteiger charge is -2.29. The summed E-state index contributed by atoms with van der Waals surface area (Å²) in [6.07, 6.45) is -0.0622. The Labute approximate surface area is 188 Å². The number of fused-ring (bicyclic) bond motifs is 1. The maximum Gasteiger partial charge on any atom is 0.330 e. The summed E-state index contributed by atoms with van der Waals surface area (Å²) in [6, 6.07) is 16.2. The number of hydrogen-bond acceptors (Lipinski definition) is 6. The van der Waals surface area contributed by atoms with Gasteiger partial charge in [0, 0.05) is 20.0 Å². The Morgan fingerprint density at radius 1 is 1.09 bits per heavy atom. The second-order valence-electron chi connectivity index (χ2n) is 7.57. The predicted molar refractivity (Wildman–Crippen MR) is 124 cm³/mol. The normalized spacial score (nSPS) is 12.8. The Balaban J connectivity index is 1.55. The van der Waals surface area contributed by atoms with E-state index in [9.17, 15) is 19.2 Å². The Kier molecular flexibility index (Phi) is 5.99. The average molecular weight is 449 g/mol. The number of nitrogens with two attached hydrogens (primary N) is 1. The fraction of sp³-hybridized carbons (Fsp3) is 0.217. The number of nitrogens with zero attached hydrogens (tertiary/aromatic N) is 3.